The number of hydrogen-bond donors (Lipinski definition) is 0. The number of methoxy groups -OCH3 is 1. The third-order valence-electron chi connectivity index (χ3n) is 2.62. The van der Waals surface area contributed by atoms with Crippen molar-refractivity contribution in [1.29, 1.82) is 0 Å². The number of hydrogen-bond acceptors (Lipinski definition) is 1. The van der Waals surface area contributed by atoms with Crippen LogP contribution in [0.5, 0.6) is 5.75 Å². The van der Waals surface area contributed by atoms with E-state index in [9.17, 15) is 4.39 Å². The molecule has 0 aliphatic heterocycles. The second-order valence-corrected chi connectivity index (χ2v) is 4.40. The molecule has 0 aliphatic rings. The second kappa shape index (κ2) is 5.35. The maximum Gasteiger partial charge on any atom is 0.165 e. The highest BCUT2D eigenvalue weighted by molar-refractivity contribution is 6.18. The summed E-state index contributed by atoms with van der Waals surface area (Å²) in [5, 5.41) is 0. The number of rotatable bonds is 5. The Morgan fingerprint density at radius 3 is 2.69 bits per heavy atom. The van der Waals surface area contributed by atoms with E-state index in [0.29, 0.717) is 12.3 Å². The summed E-state index contributed by atoms with van der Waals surface area (Å²) in [4.78, 5) is 0. The minimum Gasteiger partial charge on any atom is -0.494 e. The molecular formula is C13H16ClFO. The smallest absolute Gasteiger partial charge is 0.165 e. The van der Waals surface area contributed by atoms with Gasteiger partial charge in [0.15, 0.2) is 11.6 Å². The number of allylic oxidation sites excluding steroid dienone is 1. The van der Waals surface area contributed by atoms with Crippen molar-refractivity contribution in [1.82, 2.24) is 0 Å². The van der Waals surface area contributed by atoms with Crippen molar-refractivity contribution in [3.8, 4) is 5.75 Å². The molecule has 0 bridgehead atoms. The zero-order chi connectivity index (χ0) is 12.2. The first-order valence-corrected chi connectivity index (χ1v) is 5.60. The van der Waals surface area contributed by atoms with E-state index in [4.69, 9.17) is 16.3 Å². The molecule has 88 valence electrons. The van der Waals surface area contributed by atoms with E-state index in [2.05, 4.69) is 6.58 Å². The van der Waals surface area contributed by atoms with Gasteiger partial charge in [0.05, 0.1) is 7.11 Å². The van der Waals surface area contributed by atoms with E-state index in [1.807, 2.05) is 19.1 Å². The molecule has 0 heterocycles. The van der Waals surface area contributed by atoms with Crippen molar-refractivity contribution in [2.24, 2.45) is 5.41 Å². The Kier molecular flexibility index (Phi) is 4.36. The molecule has 0 radical (unpaired) electrons. The third-order valence-corrected chi connectivity index (χ3v) is 3.23. The average Bonchev–Trinajstić information content (AvgIpc) is 2.29. The first-order chi connectivity index (χ1) is 7.54. The molecule has 3 heteroatoms. The quantitative estimate of drug-likeness (QED) is 0.564. The van der Waals surface area contributed by atoms with Gasteiger partial charge < -0.3 is 4.74 Å². The van der Waals surface area contributed by atoms with Crippen LogP contribution in [0, 0.1) is 11.2 Å². The fourth-order valence-corrected chi connectivity index (χ4v) is 1.66. The van der Waals surface area contributed by atoms with Crippen molar-refractivity contribution in [2.45, 2.75) is 13.3 Å². The van der Waals surface area contributed by atoms with Gasteiger partial charge in [0.25, 0.3) is 0 Å². The van der Waals surface area contributed by atoms with E-state index >= 15 is 0 Å². The lowest BCUT2D eigenvalue weighted by atomic mass is 9.86. The van der Waals surface area contributed by atoms with E-state index in [-0.39, 0.29) is 17.0 Å². The minimum atomic E-state index is -0.346. The summed E-state index contributed by atoms with van der Waals surface area (Å²) in [6.07, 6.45) is 2.48. The Labute approximate surface area is 101 Å². The summed E-state index contributed by atoms with van der Waals surface area (Å²) in [6.45, 7) is 5.75. The molecule has 1 aromatic rings. The zero-order valence-corrected chi connectivity index (χ0v) is 10.4. The molecule has 0 amide bonds. The summed E-state index contributed by atoms with van der Waals surface area (Å²) in [5.41, 5.74) is 0.684. The molecule has 0 saturated carbocycles. The summed E-state index contributed by atoms with van der Waals surface area (Å²) in [6, 6.07) is 4.95. The Balaban J connectivity index is 2.90. The molecule has 0 aromatic heterocycles. The molecule has 1 nitrogen and oxygen atoms in total. The summed E-state index contributed by atoms with van der Waals surface area (Å²) >= 11 is 5.87. The highest BCUT2D eigenvalue weighted by atomic mass is 35.5. The Morgan fingerprint density at radius 1 is 1.56 bits per heavy atom. The first-order valence-electron chi connectivity index (χ1n) is 5.06. The van der Waals surface area contributed by atoms with Crippen LogP contribution in [0.15, 0.2) is 30.9 Å². The van der Waals surface area contributed by atoms with E-state index in [0.717, 1.165) is 5.56 Å². The van der Waals surface area contributed by atoms with E-state index in [1.165, 1.54) is 13.2 Å². The van der Waals surface area contributed by atoms with Gasteiger partial charge in [0, 0.05) is 11.3 Å². The zero-order valence-electron chi connectivity index (χ0n) is 9.59. The number of halogens is 2. The molecule has 0 aliphatic carbocycles. The van der Waals surface area contributed by atoms with Crippen LogP contribution in [0.2, 0.25) is 0 Å². The SMILES string of the molecule is C=CC(C)(CCl)Cc1ccc(OC)c(F)c1. The molecule has 1 rings (SSSR count). The number of benzene rings is 1. The average molecular weight is 243 g/mol. The van der Waals surface area contributed by atoms with Crippen LogP contribution >= 0.6 is 11.6 Å². The first kappa shape index (κ1) is 13.0. The summed E-state index contributed by atoms with van der Waals surface area (Å²) < 4.78 is 18.3. The van der Waals surface area contributed by atoms with Gasteiger partial charge in [0.2, 0.25) is 0 Å². The van der Waals surface area contributed by atoms with Gasteiger partial charge in [0.1, 0.15) is 0 Å². The van der Waals surface area contributed by atoms with Crippen LogP contribution in [0.25, 0.3) is 0 Å². The van der Waals surface area contributed by atoms with Gasteiger partial charge in [-0.1, -0.05) is 19.1 Å². The number of alkyl halides is 1. The Hall–Kier alpha value is -1.02. The molecule has 0 spiro atoms. The van der Waals surface area contributed by atoms with Gasteiger partial charge in [-0.25, -0.2) is 4.39 Å². The van der Waals surface area contributed by atoms with Gasteiger partial charge in [-0.05, 0) is 24.1 Å². The second-order valence-electron chi connectivity index (χ2n) is 4.14. The van der Waals surface area contributed by atoms with Crippen molar-refractivity contribution in [3.63, 3.8) is 0 Å². The standard InChI is InChI=1S/C13H16ClFO/c1-4-13(2,9-14)8-10-5-6-12(16-3)11(15)7-10/h4-7H,1,8-9H2,2-3H3. The largest absolute Gasteiger partial charge is 0.494 e. The predicted molar refractivity (Wildman–Crippen MR) is 65.7 cm³/mol. The van der Waals surface area contributed by atoms with Crippen LogP contribution in [-0.2, 0) is 6.42 Å². The monoisotopic (exact) mass is 242 g/mol. The Morgan fingerprint density at radius 2 is 2.25 bits per heavy atom. The van der Waals surface area contributed by atoms with Crippen LogP contribution in [0.4, 0.5) is 4.39 Å². The highest BCUT2D eigenvalue weighted by Crippen LogP contribution is 2.27. The van der Waals surface area contributed by atoms with Crippen LogP contribution < -0.4 is 4.74 Å². The fourth-order valence-electron chi connectivity index (χ4n) is 1.46. The Bertz CT molecular complexity index is 378. The van der Waals surface area contributed by atoms with Gasteiger partial charge in [-0.15, -0.1) is 18.2 Å². The summed E-state index contributed by atoms with van der Waals surface area (Å²) in [5.74, 6) is 0.375. The number of ether oxygens (including phenoxy) is 1. The molecule has 1 atom stereocenters. The van der Waals surface area contributed by atoms with Crippen molar-refractivity contribution in [3.05, 3.63) is 42.2 Å². The third kappa shape index (κ3) is 2.99. The van der Waals surface area contributed by atoms with Gasteiger partial charge >= 0.3 is 0 Å². The molecule has 0 N–H and O–H groups in total. The minimum absolute atomic E-state index is 0.206. The van der Waals surface area contributed by atoms with E-state index in [1.54, 1.807) is 6.07 Å². The van der Waals surface area contributed by atoms with Crippen LogP contribution in [-0.4, -0.2) is 13.0 Å². The van der Waals surface area contributed by atoms with E-state index < -0.39 is 0 Å². The van der Waals surface area contributed by atoms with Crippen molar-refractivity contribution < 1.29 is 9.13 Å². The molecule has 0 saturated heterocycles. The molecule has 1 aromatic carbocycles. The van der Waals surface area contributed by atoms with Crippen molar-refractivity contribution in [2.75, 3.05) is 13.0 Å². The predicted octanol–water partition coefficient (Wildman–Crippen LogP) is 3.81. The maximum atomic E-state index is 13.4. The lowest BCUT2D eigenvalue weighted by molar-refractivity contribution is 0.385. The lowest BCUT2D eigenvalue weighted by Crippen LogP contribution is -2.18. The normalized spacial score (nSPS) is 14.2. The van der Waals surface area contributed by atoms with Crippen LogP contribution in [0.1, 0.15) is 12.5 Å². The molecular weight excluding hydrogens is 227 g/mol. The van der Waals surface area contributed by atoms with Gasteiger partial charge in [-0.3, -0.25) is 0 Å². The topological polar surface area (TPSA) is 9.23 Å². The molecule has 16 heavy (non-hydrogen) atoms. The summed E-state index contributed by atoms with van der Waals surface area (Å²) in [7, 11) is 1.45. The van der Waals surface area contributed by atoms with Gasteiger partial charge in [-0.2, -0.15) is 0 Å². The molecule has 1 unspecified atom stereocenters. The lowest BCUT2D eigenvalue weighted by Gasteiger charge is -2.22. The highest BCUT2D eigenvalue weighted by Gasteiger charge is 2.20. The van der Waals surface area contributed by atoms with Crippen molar-refractivity contribution >= 4 is 11.6 Å². The molecule has 0 fully saturated rings. The van der Waals surface area contributed by atoms with Crippen LogP contribution in [0.3, 0.4) is 0 Å². The maximum absolute atomic E-state index is 13.4. The fraction of sp³-hybridized carbons (Fsp3) is 0.385.